The summed E-state index contributed by atoms with van der Waals surface area (Å²) in [6.45, 7) is 3.74. The number of primary sulfonamides is 1. The first kappa shape index (κ1) is 22.3. The molecule has 3 N–H and O–H groups in total. The Balaban J connectivity index is 1.78. The van der Waals surface area contributed by atoms with Gasteiger partial charge in [0.1, 0.15) is 0 Å². The van der Waals surface area contributed by atoms with Gasteiger partial charge < -0.3 is 10.1 Å². The van der Waals surface area contributed by atoms with Gasteiger partial charge in [-0.25, -0.2) is 18.4 Å². The largest absolute Gasteiger partial charge is 0.449 e. The molecule has 0 saturated heterocycles. The lowest BCUT2D eigenvalue weighted by molar-refractivity contribution is -0.150. The summed E-state index contributed by atoms with van der Waals surface area (Å²) in [4.78, 5) is 24.0. The number of nitrogens with one attached hydrogen (secondary N) is 1. The summed E-state index contributed by atoms with van der Waals surface area (Å²) in [5.41, 5.74) is 2.76. The van der Waals surface area contributed by atoms with E-state index >= 15 is 0 Å². The fraction of sp³-hybridized carbons (Fsp3) is 0.238. The number of aryl methyl sites for hydroxylation is 1. The Labute approximate surface area is 170 Å². The van der Waals surface area contributed by atoms with Crippen LogP contribution in [0.15, 0.2) is 59.5 Å². The molecular formula is C21H24N2O5S. The molecule has 2 aromatic rings. The minimum atomic E-state index is -3.73. The van der Waals surface area contributed by atoms with Crippen molar-refractivity contribution in [2.75, 3.05) is 6.54 Å². The number of carbonyl (C=O) groups is 2. The minimum Gasteiger partial charge on any atom is -0.449 e. The number of hydrogen-bond donors (Lipinski definition) is 2. The van der Waals surface area contributed by atoms with Crippen LogP contribution in [-0.2, 0) is 30.8 Å². The van der Waals surface area contributed by atoms with Gasteiger partial charge >= 0.3 is 5.97 Å². The van der Waals surface area contributed by atoms with Crippen LogP contribution in [0.3, 0.4) is 0 Å². The van der Waals surface area contributed by atoms with Crippen LogP contribution in [0.1, 0.15) is 23.6 Å². The van der Waals surface area contributed by atoms with Gasteiger partial charge in [-0.3, -0.25) is 4.79 Å². The van der Waals surface area contributed by atoms with Gasteiger partial charge in [-0.1, -0.05) is 36.4 Å². The van der Waals surface area contributed by atoms with Gasteiger partial charge in [0.25, 0.3) is 5.91 Å². The molecule has 154 valence electrons. The summed E-state index contributed by atoms with van der Waals surface area (Å²) in [5.74, 6) is -1.02. The van der Waals surface area contributed by atoms with Crippen LogP contribution in [0, 0.1) is 6.92 Å². The molecule has 1 amide bonds. The quantitative estimate of drug-likeness (QED) is 0.504. The van der Waals surface area contributed by atoms with E-state index in [9.17, 15) is 18.0 Å². The average molecular weight is 416 g/mol. The van der Waals surface area contributed by atoms with Gasteiger partial charge in [0, 0.05) is 12.6 Å². The molecule has 0 heterocycles. The second-order valence-electron chi connectivity index (χ2n) is 6.50. The number of amides is 1. The van der Waals surface area contributed by atoms with E-state index in [1.54, 1.807) is 18.2 Å². The Hall–Kier alpha value is -2.97. The number of nitrogens with two attached hydrogens (primary N) is 1. The lowest BCUT2D eigenvalue weighted by Crippen LogP contribution is -2.36. The maximum Gasteiger partial charge on any atom is 0.331 e. The molecule has 29 heavy (non-hydrogen) atoms. The summed E-state index contributed by atoms with van der Waals surface area (Å²) in [7, 11) is -3.73. The molecule has 0 unspecified atom stereocenters. The van der Waals surface area contributed by atoms with E-state index in [1.165, 1.54) is 25.1 Å². The van der Waals surface area contributed by atoms with Gasteiger partial charge in [-0.15, -0.1) is 0 Å². The molecule has 2 rings (SSSR count). The first-order chi connectivity index (χ1) is 13.7. The lowest BCUT2D eigenvalue weighted by atomic mass is 10.1. The molecule has 0 bridgehead atoms. The van der Waals surface area contributed by atoms with Crippen molar-refractivity contribution < 1.29 is 22.7 Å². The highest BCUT2D eigenvalue weighted by Gasteiger charge is 2.16. The maximum atomic E-state index is 12.1. The maximum absolute atomic E-state index is 12.1. The van der Waals surface area contributed by atoms with Crippen LogP contribution < -0.4 is 10.5 Å². The fourth-order valence-electron chi connectivity index (χ4n) is 2.52. The predicted molar refractivity (Wildman–Crippen MR) is 110 cm³/mol. The normalized spacial score (nSPS) is 12.5. The van der Waals surface area contributed by atoms with Crippen LogP contribution >= 0.6 is 0 Å². The molecule has 1 atom stereocenters. The summed E-state index contributed by atoms with van der Waals surface area (Å²) < 4.78 is 27.6. The average Bonchev–Trinajstić information content (AvgIpc) is 2.67. The van der Waals surface area contributed by atoms with E-state index in [1.807, 2.05) is 31.2 Å². The zero-order chi connectivity index (χ0) is 21.4. The monoisotopic (exact) mass is 416 g/mol. The molecule has 0 fully saturated rings. The third-order valence-electron chi connectivity index (χ3n) is 4.21. The molecule has 0 radical (unpaired) electrons. The molecule has 0 saturated carbocycles. The summed E-state index contributed by atoms with van der Waals surface area (Å²) in [6, 6.07) is 13.7. The van der Waals surface area contributed by atoms with Gasteiger partial charge in [0.15, 0.2) is 6.10 Å². The number of carbonyl (C=O) groups excluding carboxylic acids is 2. The summed E-state index contributed by atoms with van der Waals surface area (Å²) in [6.07, 6.45) is 2.49. The van der Waals surface area contributed by atoms with Crippen molar-refractivity contribution in [2.45, 2.75) is 31.3 Å². The van der Waals surface area contributed by atoms with E-state index in [0.29, 0.717) is 13.0 Å². The summed E-state index contributed by atoms with van der Waals surface area (Å²) in [5, 5.41) is 7.73. The first-order valence-electron chi connectivity index (χ1n) is 9.00. The molecule has 8 heteroatoms. The second kappa shape index (κ2) is 9.99. The molecule has 0 spiro atoms. The van der Waals surface area contributed by atoms with Gasteiger partial charge in [0.05, 0.1) is 4.90 Å². The SMILES string of the molecule is Cc1ccccc1/C=C/C(=O)O[C@@H](C)C(=O)NCCc1ccc(S(N)(=O)=O)cc1. The minimum absolute atomic E-state index is 0.0320. The second-order valence-corrected chi connectivity index (χ2v) is 8.06. The molecule has 0 aromatic heterocycles. The van der Waals surface area contributed by atoms with E-state index in [4.69, 9.17) is 9.88 Å². The van der Waals surface area contributed by atoms with Crippen molar-refractivity contribution in [2.24, 2.45) is 5.14 Å². The molecule has 0 aliphatic rings. The number of ether oxygens (including phenoxy) is 1. The zero-order valence-corrected chi connectivity index (χ0v) is 17.1. The van der Waals surface area contributed by atoms with E-state index in [-0.39, 0.29) is 4.90 Å². The lowest BCUT2D eigenvalue weighted by Gasteiger charge is -2.12. The Morgan fingerprint density at radius 1 is 1.14 bits per heavy atom. The van der Waals surface area contributed by atoms with E-state index < -0.39 is 28.0 Å². The highest BCUT2D eigenvalue weighted by molar-refractivity contribution is 7.89. The van der Waals surface area contributed by atoms with Crippen LogP contribution in [0.2, 0.25) is 0 Å². The van der Waals surface area contributed by atoms with Crippen molar-refractivity contribution in [1.29, 1.82) is 0 Å². The van der Waals surface area contributed by atoms with E-state index in [0.717, 1.165) is 16.7 Å². The Bertz CT molecular complexity index is 998. The molecular weight excluding hydrogens is 392 g/mol. The molecule has 0 aliphatic carbocycles. The van der Waals surface area contributed by atoms with Crippen LogP contribution in [0.25, 0.3) is 6.08 Å². The number of hydrogen-bond acceptors (Lipinski definition) is 5. The number of benzene rings is 2. The van der Waals surface area contributed by atoms with Crippen molar-refractivity contribution >= 4 is 28.0 Å². The van der Waals surface area contributed by atoms with E-state index in [2.05, 4.69) is 5.32 Å². The van der Waals surface area contributed by atoms with Crippen LogP contribution in [0.4, 0.5) is 0 Å². The standard InChI is InChI=1S/C21H24N2O5S/c1-15-5-3-4-6-18(15)9-12-20(24)28-16(2)21(25)23-14-13-17-7-10-19(11-8-17)29(22,26)27/h3-12,16H,13-14H2,1-2H3,(H,23,25)(H2,22,26,27)/b12-9+/t16-/m0/s1. The van der Waals surface area contributed by atoms with Gasteiger partial charge in [0.2, 0.25) is 10.0 Å². The highest BCUT2D eigenvalue weighted by Crippen LogP contribution is 2.10. The number of esters is 1. The van der Waals surface area contributed by atoms with Gasteiger partial charge in [-0.2, -0.15) is 0 Å². The molecule has 0 aliphatic heterocycles. The smallest absolute Gasteiger partial charge is 0.331 e. The van der Waals surface area contributed by atoms with Crippen molar-refractivity contribution in [1.82, 2.24) is 5.32 Å². The van der Waals surface area contributed by atoms with Crippen LogP contribution in [-0.4, -0.2) is 32.9 Å². The Morgan fingerprint density at radius 3 is 2.41 bits per heavy atom. The third-order valence-corrected chi connectivity index (χ3v) is 5.14. The Kier molecular flexibility index (Phi) is 7.69. The highest BCUT2D eigenvalue weighted by atomic mass is 32.2. The van der Waals surface area contributed by atoms with Gasteiger partial charge in [-0.05, 0) is 55.2 Å². The van der Waals surface area contributed by atoms with Crippen molar-refractivity contribution in [3.8, 4) is 0 Å². The number of sulfonamides is 1. The Morgan fingerprint density at radius 2 is 1.79 bits per heavy atom. The molecule has 7 nitrogen and oxygen atoms in total. The van der Waals surface area contributed by atoms with Crippen molar-refractivity contribution in [3.63, 3.8) is 0 Å². The first-order valence-corrected chi connectivity index (χ1v) is 10.6. The zero-order valence-electron chi connectivity index (χ0n) is 16.3. The topological polar surface area (TPSA) is 116 Å². The summed E-state index contributed by atoms with van der Waals surface area (Å²) >= 11 is 0. The predicted octanol–water partition coefficient (Wildman–Crippen LogP) is 1.95. The number of rotatable bonds is 8. The van der Waals surface area contributed by atoms with Crippen LogP contribution in [0.5, 0.6) is 0 Å². The molecule has 2 aromatic carbocycles. The van der Waals surface area contributed by atoms with Crippen molar-refractivity contribution in [3.05, 3.63) is 71.3 Å². The third kappa shape index (κ3) is 7.17. The fourth-order valence-corrected chi connectivity index (χ4v) is 3.03.